The smallest absolute Gasteiger partial charge is 0.140 e. The summed E-state index contributed by atoms with van der Waals surface area (Å²) in [4.78, 5) is 11.3. The summed E-state index contributed by atoms with van der Waals surface area (Å²) < 4.78 is 0. The van der Waals surface area contributed by atoms with Crippen molar-refractivity contribution in [3.05, 3.63) is 0 Å². The molecule has 1 nitrogen and oxygen atoms in total. The van der Waals surface area contributed by atoms with E-state index in [-0.39, 0.29) is 11.3 Å². The Bertz CT molecular complexity index is 167. The van der Waals surface area contributed by atoms with Crippen LogP contribution in [-0.2, 0) is 4.79 Å². The molecular weight excluding hydrogens is 148 g/mol. The monoisotopic (exact) mass is 158 g/mol. The Kier molecular flexibility index (Phi) is 1.48. The van der Waals surface area contributed by atoms with Crippen molar-refractivity contribution in [2.45, 2.75) is 31.1 Å². The predicted molar refractivity (Wildman–Crippen MR) is 40.1 cm³/mol. The van der Waals surface area contributed by atoms with Gasteiger partial charge in [0.2, 0.25) is 0 Å². The number of Topliss-reactive ketones (excluding diaryl/α,β-unsaturated/α-hetero) is 1. The van der Waals surface area contributed by atoms with Crippen LogP contribution >= 0.6 is 11.6 Å². The highest BCUT2D eigenvalue weighted by Gasteiger charge is 2.42. The first-order valence-corrected chi connectivity index (χ1v) is 4.40. The van der Waals surface area contributed by atoms with Crippen molar-refractivity contribution in [3.8, 4) is 0 Å². The number of hydrogen-bond acceptors (Lipinski definition) is 1. The van der Waals surface area contributed by atoms with Crippen LogP contribution in [-0.4, -0.2) is 11.2 Å². The fourth-order valence-corrected chi connectivity index (χ4v) is 2.55. The molecule has 2 aliphatic rings. The minimum absolute atomic E-state index is 0.159. The van der Waals surface area contributed by atoms with Gasteiger partial charge in [-0.2, -0.15) is 0 Å². The largest absolute Gasteiger partial charge is 0.299 e. The minimum atomic E-state index is 0.159. The van der Waals surface area contributed by atoms with Crippen LogP contribution in [0.1, 0.15) is 25.7 Å². The van der Waals surface area contributed by atoms with Crippen molar-refractivity contribution in [1.29, 1.82) is 0 Å². The van der Waals surface area contributed by atoms with E-state index in [0.29, 0.717) is 11.7 Å². The van der Waals surface area contributed by atoms with Gasteiger partial charge in [0.15, 0.2) is 0 Å². The topological polar surface area (TPSA) is 17.1 Å². The van der Waals surface area contributed by atoms with Gasteiger partial charge in [0, 0.05) is 17.2 Å². The normalized spacial score (nSPS) is 46.1. The summed E-state index contributed by atoms with van der Waals surface area (Å²) in [5.74, 6) is 1.06. The Morgan fingerprint density at radius 3 is 2.60 bits per heavy atom. The first-order valence-electron chi connectivity index (χ1n) is 3.97. The van der Waals surface area contributed by atoms with E-state index in [4.69, 9.17) is 11.6 Å². The number of hydrogen-bond donors (Lipinski definition) is 0. The van der Waals surface area contributed by atoms with Crippen molar-refractivity contribution < 1.29 is 4.79 Å². The van der Waals surface area contributed by atoms with Gasteiger partial charge >= 0.3 is 0 Å². The number of ketones is 1. The molecule has 2 aliphatic carbocycles. The van der Waals surface area contributed by atoms with Gasteiger partial charge in [0.05, 0.1) is 0 Å². The lowest BCUT2D eigenvalue weighted by Crippen LogP contribution is -2.28. The van der Waals surface area contributed by atoms with Gasteiger partial charge in [0.1, 0.15) is 5.78 Å². The summed E-state index contributed by atoms with van der Waals surface area (Å²) in [5, 5.41) is 0.159. The van der Waals surface area contributed by atoms with Gasteiger partial charge < -0.3 is 0 Å². The number of carbonyl (C=O) groups is 1. The summed E-state index contributed by atoms with van der Waals surface area (Å²) >= 11 is 5.98. The lowest BCUT2D eigenvalue weighted by molar-refractivity contribution is -0.125. The number of halogens is 1. The number of alkyl halides is 1. The third-order valence-electron chi connectivity index (χ3n) is 2.82. The van der Waals surface area contributed by atoms with E-state index in [1.54, 1.807) is 0 Å². The number of carbonyl (C=O) groups excluding carboxylic acids is 1. The maximum Gasteiger partial charge on any atom is 0.140 e. The Morgan fingerprint density at radius 2 is 1.90 bits per heavy atom. The fourth-order valence-electron chi connectivity index (χ4n) is 2.18. The van der Waals surface area contributed by atoms with E-state index in [2.05, 4.69) is 0 Å². The first kappa shape index (κ1) is 6.66. The van der Waals surface area contributed by atoms with Crippen LogP contribution in [0.15, 0.2) is 0 Å². The van der Waals surface area contributed by atoms with Crippen LogP contribution in [0.2, 0.25) is 0 Å². The summed E-state index contributed by atoms with van der Waals surface area (Å²) in [6.45, 7) is 0. The molecular formula is C8H11ClO. The molecule has 0 spiro atoms. The highest BCUT2D eigenvalue weighted by Crippen LogP contribution is 2.41. The van der Waals surface area contributed by atoms with Crippen molar-refractivity contribution in [2.75, 3.05) is 0 Å². The van der Waals surface area contributed by atoms with Crippen molar-refractivity contribution in [3.63, 3.8) is 0 Å². The van der Waals surface area contributed by atoms with Gasteiger partial charge in [-0.15, -0.1) is 11.6 Å². The van der Waals surface area contributed by atoms with E-state index >= 15 is 0 Å². The van der Waals surface area contributed by atoms with Crippen LogP contribution in [0, 0.1) is 11.8 Å². The Morgan fingerprint density at radius 1 is 1.20 bits per heavy atom. The van der Waals surface area contributed by atoms with Crippen LogP contribution in [0.5, 0.6) is 0 Å². The van der Waals surface area contributed by atoms with Gasteiger partial charge in [-0.25, -0.2) is 0 Å². The number of fused-ring (bicyclic) bond motifs is 2. The van der Waals surface area contributed by atoms with Gasteiger partial charge in [-0.05, 0) is 25.7 Å². The molecule has 0 heterocycles. The molecule has 0 amide bonds. The molecule has 0 N–H and O–H groups in total. The van der Waals surface area contributed by atoms with E-state index in [0.717, 1.165) is 25.7 Å². The highest BCUT2D eigenvalue weighted by molar-refractivity contribution is 6.22. The Labute approximate surface area is 65.7 Å². The standard InChI is InChI=1S/C8H11ClO/c9-7-4-2-5-1-3-6(7)8(5)10/h5-7H,1-4H2/t5-,6+,7+/m1/s1. The van der Waals surface area contributed by atoms with E-state index in [1.807, 2.05) is 0 Å². The number of rotatable bonds is 0. The van der Waals surface area contributed by atoms with Gasteiger partial charge in [0.25, 0.3) is 0 Å². The molecule has 2 fully saturated rings. The van der Waals surface area contributed by atoms with Gasteiger partial charge in [-0.1, -0.05) is 0 Å². The van der Waals surface area contributed by atoms with Crippen LogP contribution < -0.4 is 0 Å². The molecule has 2 bridgehead atoms. The maximum absolute atomic E-state index is 11.3. The summed E-state index contributed by atoms with van der Waals surface area (Å²) in [6, 6.07) is 0. The summed E-state index contributed by atoms with van der Waals surface area (Å²) in [7, 11) is 0. The molecule has 2 saturated carbocycles. The molecule has 2 heteroatoms. The van der Waals surface area contributed by atoms with Crippen molar-refractivity contribution in [1.82, 2.24) is 0 Å². The first-order chi connectivity index (χ1) is 4.79. The highest BCUT2D eigenvalue weighted by atomic mass is 35.5. The summed E-state index contributed by atoms with van der Waals surface area (Å²) in [5.41, 5.74) is 0. The van der Waals surface area contributed by atoms with Crippen LogP contribution in [0.25, 0.3) is 0 Å². The van der Waals surface area contributed by atoms with E-state index in [9.17, 15) is 4.79 Å². The average Bonchev–Trinajstić information content (AvgIpc) is 2.13. The summed E-state index contributed by atoms with van der Waals surface area (Å²) in [6.07, 6.45) is 4.26. The molecule has 0 aromatic heterocycles. The lowest BCUT2D eigenvalue weighted by Gasteiger charge is -2.21. The molecule has 2 rings (SSSR count). The van der Waals surface area contributed by atoms with Crippen LogP contribution in [0.4, 0.5) is 0 Å². The third kappa shape index (κ3) is 0.800. The molecule has 10 heavy (non-hydrogen) atoms. The maximum atomic E-state index is 11.3. The molecule has 0 aliphatic heterocycles. The van der Waals surface area contributed by atoms with Gasteiger partial charge in [-0.3, -0.25) is 4.79 Å². The minimum Gasteiger partial charge on any atom is -0.299 e. The lowest BCUT2D eigenvalue weighted by atomic mass is 9.87. The van der Waals surface area contributed by atoms with E-state index < -0.39 is 0 Å². The zero-order valence-electron chi connectivity index (χ0n) is 5.85. The molecule has 0 aromatic carbocycles. The van der Waals surface area contributed by atoms with Crippen molar-refractivity contribution in [2.24, 2.45) is 11.8 Å². The zero-order valence-corrected chi connectivity index (χ0v) is 6.60. The SMILES string of the molecule is O=C1[C@@H]2CC[C@H]1[C@@H](Cl)CC2. The molecule has 56 valence electrons. The molecule has 3 atom stereocenters. The Balaban J connectivity index is 2.20. The second-order valence-corrected chi connectivity index (χ2v) is 3.94. The second kappa shape index (κ2) is 2.23. The zero-order chi connectivity index (χ0) is 7.14. The molecule has 0 unspecified atom stereocenters. The molecule has 0 aromatic rings. The van der Waals surface area contributed by atoms with E-state index in [1.165, 1.54) is 0 Å². The molecule has 0 saturated heterocycles. The third-order valence-corrected chi connectivity index (χ3v) is 3.34. The van der Waals surface area contributed by atoms with Crippen molar-refractivity contribution >= 4 is 17.4 Å². The molecule has 0 radical (unpaired) electrons. The Hall–Kier alpha value is -0.0400. The average molecular weight is 159 g/mol. The predicted octanol–water partition coefficient (Wildman–Crippen LogP) is 1.98. The van der Waals surface area contributed by atoms with Crippen LogP contribution in [0.3, 0.4) is 0 Å². The fraction of sp³-hybridized carbons (Fsp3) is 0.875. The second-order valence-electron chi connectivity index (χ2n) is 3.38. The quantitative estimate of drug-likeness (QED) is 0.493.